The van der Waals surface area contributed by atoms with Gasteiger partial charge >= 0.3 is 0 Å². The minimum Gasteiger partial charge on any atom is -0.393 e. The van der Waals surface area contributed by atoms with Crippen molar-refractivity contribution in [2.75, 3.05) is 13.1 Å². The number of nitriles is 1. The number of benzene rings is 1. The van der Waals surface area contributed by atoms with Crippen LogP contribution in [0.5, 0.6) is 0 Å². The van der Waals surface area contributed by atoms with Crippen molar-refractivity contribution in [3.05, 3.63) is 35.1 Å². The van der Waals surface area contributed by atoms with E-state index >= 15 is 0 Å². The molecule has 5 nitrogen and oxygen atoms in total. The fraction of sp³-hybridized carbons (Fsp3) is 0.500. The van der Waals surface area contributed by atoms with E-state index in [1.54, 1.807) is 6.92 Å². The van der Waals surface area contributed by atoms with Gasteiger partial charge in [-0.05, 0) is 37.5 Å². The van der Waals surface area contributed by atoms with E-state index in [0.29, 0.717) is 13.0 Å². The highest BCUT2D eigenvalue weighted by atomic mass is 32.2. The van der Waals surface area contributed by atoms with E-state index in [1.165, 1.54) is 16.4 Å². The predicted molar refractivity (Wildman–Crippen MR) is 75.1 cm³/mol. The van der Waals surface area contributed by atoms with Crippen LogP contribution in [-0.2, 0) is 15.8 Å². The first-order valence-electron chi connectivity index (χ1n) is 6.68. The minimum absolute atomic E-state index is 0.00505. The van der Waals surface area contributed by atoms with Crippen LogP contribution in [0, 0.1) is 23.1 Å². The maximum atomic E-state index is 13.7. The molecule has 2 unspecified atom stereocenters. The fourth-order valence-electron chi connectivity index (χ4n) is 2.44. The van der Waals surface area contributed by atoms with Gasteiger partial charge in [-0.2, -0.15) is 5.26 Å². The lowest BCUT2D eigenvalue weighted by Crippen LogP contribution is -2.31. The molecule has 21 heavy (non-hydrogen) atoms. The van der Waals surface area contributed by atoms with Crippen molar-refractivity contribution in [2.45, 2.75) is 25.2 Å². The average molecular weight is 312 g/mol. The van der Waals surface area contributed by atoms with Gasteiger partial charge in [0.05, 0.1) is 23.5 Å². The Hall–Kier alpha value is -1.49. The van der Waals surface area contributed by atoms with Crippen molar-refractivity contribution < 1.29 is 17.9 Å². The van der Waals surface area contributed by atoms with E-state index in [0.717, 1.165) is 6.07 Å². The molecule has 0 amide bonds. The van der Waals surface area contributed by atoms with E-state index in [4.69, 9.17) is 5.26 Å². The summed E-state index contributed by atoms with van der Waals surface area (Å²) in [6.07, 6.45) is 0.0290. The number of halogens is 1. The molecule has 1 aliphatic rings. The second-order valence-electron chi connectivity index (χ2n) is 5.32. The summed E-state index contributed by atoms with van der Waals surface area (Å²) in [7, 11) is -3.65. The van der Waals surface area contributed by atoms with Crippen molar-refractivity contribution in [1.82, 2.24) is 4.31 Å². The van der Waals surface area contributed by atoms with E-state index in [9.17, 15) is 17.9 Å². The van der Waals surface area contributed by atoms with Gasteiger partial charge in [-0.15, -0.1) is 0 Å². The molecule has 7 heteroatoms. The molecular formula is C14H17FN2O3S. The third kappa shape index (κ3) is 3.59. The van der Waals surface area contributed by atoms with Gasteiger partial charge in [-0.3, -0.25) is 0 Å². The number of hydrogen-bond donors (Lipinski definition) is 1. The Morgan fingerprint density at radius 1 is 1.57 bits per heavy atom. The summed E-state index contributed by atoms with van der Waals surface area (Å²) in [5, 5.41) is 18.3. The highest BCUT2D eigenvalue weighted by Crippen LogP contribution is 2.25. The number of hydrogen-bond acceptors (Lipinski definition) is 4. The predicted octanol–water partition coefficient (Wildman–Crippen LogP) is 1.23. The Morgan fingerprint density at radius 3 is 2.86 bits per heavy atom. The third-order valence-electron chi connectivity index (χ3n) is 3.78. The summed E-state index contributed by atoms with van der Waals surface area (Å²) >= 11 is 0. The van der Waals surface area contributed by atoms with Crippen LogP contribution in [0.1, 0.15) is 24.5 Å². The maximum Gasteiger partial charge on any atom is 0.218 e. The smallest absolute Gasteiger partial charge is 0.218 e. The monoisotopic (exact) mass is 312 g/mol. The average Bonchev–Trinajstić information content (AvgIpc) is 2.92. The van der Waals surface area contributed by atoms with Gasteiger partial charge in [0.25, 0.3) is 0 Å². The Kier molecular flexibility index (Phi) is 4.61. The first-order chi connectivity index (χ1) is 9.83. The first kappa shape index (κ1) is 15.9. The molecule has 1 saturated heterocycles. The highest BCUT2D eigenvalue weighted by Gasteiger charge is 2.33. The van der Waals surface area contributed by atoms with Crippen LogP contribution in [0.2, 0.25) is 0 Å². The Balaban J connectivity index is 2.17. The lowest BCUT2D eigenvalue weighted by atomic mass is 10.0. The van der Waals surface area contributed by atoms with Crippen LogP contribution in [0.25, 0.3) is 0 Å². The third-order valence-corrected chi connectivity index (χ3v) is 5.57. The second kappa shape index (κ2) is 6.10. The molecule has 1 aromatic carbocycles. The van der Waals surface area contributed by atoms with Gasteiger partial charge < -0.3 is 5.11 Å². The van der Waals surface area contributed by atoms with E-state index < -0.39 is 27.7 Å². The van der Waals surface area contributed by atoms with Gasteiger partial charge in [-0.25, -0.2) is 17.1 Å². The lowest BCUT2D eigenvalue weighted by Gasteiger charge is -2.18. The summed E-state index contributed by atoms with van der Waals surface area (Å²) in [6, 6.07) is 5.54. The molecule has 0 aliphatic carbocycles. The number of rotatable bonds is 4. The van der Waals surface area contributed by atoms with Crippen molar-refractivity contribution >= 4 is 10.0 Å². The molecule has 1 aliphatic heterocycles. The normalized spacial score (nSPS) is 21.1. The Labute approximate surface area is 123 Å². The van der Waals surface area contributed by atoms with Crippen LogP contribution in [0.4, 0.5) is 4.39 Å². The zero-order valence-corrected chi connectivity index (χ0v) is 12.5. The number of nitrogens with zero attached hydrogens (tertiary/aromatic N) is 2. The standard InChI is InChI=1S/C14H17FN2O3S/c1-10(18)12-4-5-17(8-12)21(19,20)9-13-6-11(7-16)2-3-14(13)15/h2-3,6,10,12,18H,4-5,8-9H2,1H3. The van der Waals surface area contributed by atoms with E-state index in [1.807, 2.05) is 6.07 Å². The van der Waals surface area contributed by atoms with Gasteiger partial charge in [-0.1, -0.05) is 0 Å². The lowest BCUT2D eigenvalue weighted by molar-refractivity contribution is 0.133. The van der Waals surface area contributed by atoms with Crippen LogP contribution < -0.4 is 0 Å². The van der Waals surface area contributed by atoms with Gasteiger partial charge in [0.2, 0.25) is 10.0 Å². The van der Waals surface area contributed by atoms with E-state index in [2.05, 4.69) is 0 Å². The number of sulfonamides is 1. The summed E-state index contributed by atoms with van der Waals surface area (Å²) in [6.45, 7) is 2.22. The molecule has 1 N–H and O–H groups in total. The molecule has 1 fully saturated rings. The highest BCUT2D eigenvalue weighted by molar-refractivity contribution is 7.88. The Bertz CT molecular complexity index is 667. The molecule has 0 bridgehead atoms. The van der Waals surface area contributed by atoms with Crippen molar-refractivity contribution in [3.8, 4) is 6.07 Å². The molecule has 2 rings (SSSR count). The van der Waals surface area contributed by atoms with Crippen LogP contribution in [0.15, 0.2) is 18.2 Å². The van der Waals surface area contributed by atoms with Crippen LogP contribution in [0.3, 0.4) is 0 Å². The summed E-state index contributed by atoms with van der Waals surface area (Å²) in [5.74, 6) is -1.19. The van der Waals surface area contributed by atoms with E-state index in [-0.39, 0.29) is 23.6 Å². The number of aliphatic hydroxyl groups is 1. The maximum absolute atomic E-state index is 13.7. The first-order valence-corrected chi connectivity index (χ1v) is 8.29. The Morgan fingerprint density at radius 2 is 2.29 bits per heavy atom. The molecule has 114 valence electrons. The van der Waals surface area contributed by atoms with Gasteiger partial charge in [0.15, 0.2) is 0 Å². The molecule has 0 radical (unpaired) electrons. The van der Waals surface area contributed by atoms with Crippen LogP contribution in [-0.4, -0.2) is 37.0 Å². The van der Waals surface area contributed by atoms with Crippen molar-refractivity contribution in [3.63, 3.8) is 0 Å². The topological polar surface area (TPSA) is 81.4 Å². The summed E-state index contributed by atoms with van der Waals surface area (Å²) < 4.78 is 39.6. The van der Waals surface area contributed by atoms with Crippen molar-refractivity contribution in [1.29, 1.82) is 5.26 Å². The second-order valence-corrected chi connectivity index (χ2v) is 7.29. The molecule has 0 aromatic heterocycles. The summed E-state index contributed by atoms with van der Waals surface area (Å²) in [5.41, 5.74) is 0.222. The zero-order valence-electron chi connectivity index (χ0n) is 11.7. The zero-order chi connectivity index (χ0) is 15.6. The van der Waals surface area contributed by atoms with Crippen LogP contribution >= 0.6 is 0 Å². The van der Waals surface area contributed by atoms with Gasteiger partial charge in [0, 0.05) is 18.7 Å². The summed E-state index contributed by atoms with van der Waals surface area (Å²) in [4.78, 5) is 0. The van der Waals surface area contributed by atoms with Crippen molar-refractivity contribution in [2.24, 2.45) is 5.92 Å². The molecule has 1 heterocycles. The fourth-order valence-corrected chi connectivity index (χ4v) is 4.04. The SMILES string of the molecule is CC(O)C1CCN(S(=O)(=O)Cc2cc(C#N)ccc2F)C1. The molecular weight excluding hydrogens is 295 g/mol. The largest absolute Gasteiger partial charge is 0.393 e. The van der Waals surface area contributed by atoms with Gasteiger partial charge in [0.1, 0.15) is 5.82 Å². The molecule has 0 spiro atoms. The molecule has 0 saturated carbocycles. The quantitative estimate of drug-likeness (QED) is 0.906. The molecule has 1 aromatic rings. The molecule has 2 atom stereocenters. The minimum atomic E-state index is -3.65. The number of aliphatic hydroxyl groups excluding tert-OH is 1.